The number of rotatable bonds is 4. The third-order valence-electron chi connectivity index (χ3n) is 2.40. The summed E-state index contributed by atoms with van der Waals surface area (Å²) in [4.78, 5) is 24.5. The number of amides is 1. The first kappa shape index (κ1) is 15.1. The van der Waals surface area contributed by atoms with Crippen LogP contribution in [0.5, 0.6) is 0 Å². The zero-order valence-electron chi connectivity index (χ0n) is 10.6. The summed E-state index contributed by atoms with van der Waals surface area (Å²) in [6.07, 6.45) is 0. The van der Waals surface area contributed by atoms with E-state index in [9.17, 15) is 23.3 Å². The molecule has 1 aromatic heterocycles. The number of hydrogen-bond acceptors (Lipinski definition) is 7. The molecule has 0 saturated carbocycles. The van der Waals surface area contributed by atoms with Crippen LogP contribution in [-0.4, -0.2) is 24.2 Å². The van der Waals surface area contributed by atoms with Gasteiger partial charge < -0.3 is 5.32 Å². The largest absolute Gasteiger partial charge is 0.302 e. The zero-order chi connectivity index (χ0) is 15.6. The molecule has 8 nitrogen and oxygen atoms in total. The number of hydrogen-bond donors (Lipinski definition) is 1. The lowest BCUT2D eigenvalue weighted by atomic mass is 10.3. The Morgan fingerprint density at radius 3 is 2.48 bits per heavy atom. The Kier molecular flexibility index (Phi) is 4.00. The minimum Gasteiger partial charge on any atom is -0.302 e. The predicted octanol–water partition coefficient (Wildman–Crippen LogP) is 1.84. The fraction of sp³-hybridized carbons (Fsp3) is 0.0909. The molecule has 0 bridgehead atoms. The molecular formula is C11H9N3O5S2. The first-order valence-corrected chi connectivity index (χ1v) is 7.89. The molecule has 2 rings (SSSR count). The highest BCUT2D eigenvalue weighted by atomic mass is 32.2. The molecule has 0 unspecified atom stereocenters. The number of nitrogens with one attached hydrogen (secondary N) is 1. The van der Waals surface area contributed by atoms with Gasteiger partial charge in [-0.3, -0.25) is 14.9 Å². The minimum atomic E-state index is -3.87. The molecule has 0 spiro atoms. The van der Waals surface area contributed by atoms with Gasteiger partial charge >= 0.3 is 0 Å². The fourth-order valence-corrected chi connectivity index (χ4v) is 3.73. The maximum atomic E-state index is 12.3. The monoisotopic (exact) mass is 327 g/mol. The summed E-state index contributed by atoms with van der Waals surface area (Å²) < 4.78 is 24.6. The third-order valence-corrected chi connectivity index (χ3v) is 4.96. The third kappa shape index (κ3) is 3.23. The van der Waals surface area contributed by atoms with Crippen LogP contribution in [0.1, 0.15) is 6.92 Å². The molecule has 21 heavy (non-hydrogen) atoms. The average Bonchev–Trinajstić information content (AvgIpc) is 2.87. The van der Waals surface area contributed by atoms with E-state index in [1.165, 1.54) is 12.3 Å². The second kappa shape index (κ2) is 5.58. The van der Waals surface area contributed by atoms with Crippen LogP contribution in [0.25, 0.3) is 0 Å². The number of nitro groups is 1. The number of sulfone groups is 1. The van der Waals surface area contributed by atoms with Crippen molar-refractivity contribution in [1.82, 2.24) is 4.98 Å². The van der Waals surface area contributed by atoms with Crippen molar-refractivity contribution in [2.45, 2.75) is 16.8 Å². The lowest BCUT2D eigenvalue weighted by Crippen LogP contribution is -2.07. The quantitative estimate of drug-likeness (QED) is 0.676. The molecule has 10 heteroatoms. The van der Waals surface area contributed by atoms with Gasteiger partial charge in [0.15, 0.2) is 10.2 Å². The van der Waals surface area contributed by atoms with E-state index in [1.807, 2.05) is 0 Å². The van der Waals surface area contributed by atoms with Gasteiger partial charge in [0.05, 0.1) is 9.82 Å². The molecule has 110 valence electrons. The van der Waals surface area contributed by atoms with Crippen molar-refractivity contribution in [2.75, 3.05) is 5.32 Å². The van der Waals surface area contributed by atoms with E-state index in [4.69, 9.17) is 0 Å². The Labute approximate surface area is 123 Å². The van der Waals surface area contributed by atoms with Crippen molar-refractivity contribution in [1.29, 1.82) is 0 Å². The molecule has 0 aliphatic rings. The molecule has 1 amide bonds. The van der Waals surface area contributed by atoms with Crippen molar-refractivity contribution in [2.24, 2.45) is 0 Å². The smallest absolute Gasteiger partial charge is 0.269 e. The Balaban J connectivity index is 2.35. The highest BCUT2D eigenvalue weighted by Crippen LogP contribution is 2.26. The Hall–Kier alpha value is -2.33. The summed E-state index contributed by atoms with van der Waals surface area (Å²) in [6, 6.07) is 4.50. The number of carbonyl (C=O) groups is 1. The highest BCUT2D eigenvalue weighted by molar-refractivity contribution is 7.91. The molecule has 0 aliphatic carbocycles. The van der Waals surface area contributed by atoms with E-state index in [2.05, 4.69) is 10.3 Å². The molecule has 1 heterocycles. The van der Waals surface area contributed by atoms with Gasteiger partial charge in [-0.1, -0.05) is 0 Å². The van der Waals surface area contributed by atoms with Crippen molar-refractivity contribution in [3.63, 3.8) is 0 Å². The summed E-state index contributed by atoms with van der Waals surface area (Å²) >= 11 is 0.977. The summed E-state index contributed by atoms with van der Waals surface area (Å²) in [5, 5.41) is 14.2. The van der Waals surface area contributed by atoms with Gasteiger partial charge in [-0.05, 0) is 12.1 Å². The topological polar surface area (TPSA) is 119 Å². The lowest BCUT2D eigenvalue weighted by Gasteiger charge is -2.00. The predicted molar refractivity (Wildman–Crippen MR) is 75.0 cm³/mol. The number of non-ortho nitro benzene ring substituents is 1. The SMILES string of the molecule is CC(=O)Nc1nc(S(=O)(=O)c2ccc([N+](=O)[O-])cc2)cs1. The summed E-state index contributed by atoms with van der Waals surface area (Å²) in [6.45, 7) is 1.28. The molecular weight excluding hydrogens is 318 g/mol. The number of benzene rings is 1. The number of anilines is 1. The van der Waals surface area contributed by atoms with Crippen LogP contribution in [0.4, 0.5) is 10.8 Å². The van der Waals surface area contributed by atoms with Crippen LogP contribution in [0.2, 0.25) is 0 Å². The van der Waals surface area contributed by atoms with E-state index in [1.54, 1.807) is 0 Å². The Bertz CT molecular complexity index is 796. The number of nitro benzene ring substituents is 1. The van der Waals surface area contributed by atoms with Gasteiger partial charge in [0.2, 0.25) is 15.7 Å². The summed E-state index contributed by atoms with van der Waals surface area (Å²) in [5.74, 6) is -0.358. The van der Waals surface area contributed by atoms with Crippen molar-refractivity contribution in [3.8, 4) is 0 Å². The second-order valence-electron chi connectivity index (χ2n) is 3.93. The maximum Gasteiger partial charge on any atom is 0.269 e. The first-order valence-electron chi connectivity index (χ1n) is 5.53. The molecule has 2 aromatic rings. The van der Waals surface area contributed by atoms with E-state index in [0.717, 1.165) is 35.6 Å². The molecule has 0 aliphatic heterocycles. The lowest BCUT2D eigenvalue weighted by molar-refractivity contribution is -0.384. The van der Waals surface area contributed by atoms with Crippen LogP contribution in [0.3, 0.4) is 0 Å². The number of nitrogens with zero attached hydrogens (tertiary/aromatic N) is 2. The molecule has 0 fully saturated rings. The maximum absolute atomic E-state index is 12.3. The Morgan fingerprint density at radius 1 is 1.33 bits per heavy atom. The van der Waals surface area contributed by atoms with Gasteiger partial charge in [0.1, 0.15) is 0 Å². The molecule has 0 radical (unpaired) electrons. The first-order chi connectivity index (χ1) is 9.80. The molecule has 1 N–H and O–H groups in total. The van der Waals surface area contributed by atoms with Crippen LogP contribution < -0.4 is 5.32 Å². The zero-order valence-corrected chi connectivity index (χ0v) is 12.3. The van der Waals surface area contributed by atoms with Gasteiger partial charge in [0, 0.05) is 24.4 Å². The summed E-state index contributed by atoms with van der Waals surface area (Å²) in [5.41, 5.74) is -0.203. The van der Waals surface area contributed by atoms with Crippen molar-refractivity contribution >= 4 is 37.9 Å². The van der Waals surface area contributed by atoms with E-state index >= 15 is 0 Å². The fourth-order valence-electron chi connectivity index (χ4n) is 1.46. The van der Waals surface area contributed by atoms with E-state index in [-0.39, 0.29) is 26.6 Å². The van der Waals surface area contributed by atoms with Crippen molar-refractivity contribution < 1.29 is 18.1 Å². The van der Waals surface area contributed by atoms with Crippen LogP contribution >= 0.6 is 11.3 Å². The highest BCUT2D eigenvalue weighted by Gasteiger charge is 2.22. The van der Waals surface area contributed by atoms with E-state index < -0.39 is 14.8 Å². The average molecular weight is 327 g/mol. The van der Waals surface area contributed by atoms with Gasteiger partial charge in [0.25, 0.3) is 5.69 Å². The van der Waals surface area contributed by atoms with Crippen molar-refractivity contribution in [3.05, 3.63) is 39.8 Å². The molecule has 0 saturated heterocycles. The number of thiazole rings is 1. The van der Waals surface area contributed by atoms with Gasteiger partial charge in [-0.15, -0.1) is 11.3 Å². The van der Waals surface area contributed by atoms with Crippen LogP contribution in [-0.2, 0) is 14.6 Å². The van der Waals surface area contributed by atoms with Crippen LogP contribution in [0.15, 0.2) is 39.6 Å². The van der Waals surface area contributed by atoms with Gasteiger partial charge in [-0.2, -0.15) is 0 Å². The normalized spacial score (nSPS) is 11.1. The summed E-state index contributed by atoms with van der Waals surface area (Å²) in [7, 11) is -3.87. The van der Waals surface area contributed by atoms with Crippen LogP contribution in [0, 0.1) is 10.1 Å². The number of aromatic nitrogens is 1. The molecule has 0 atom stereocenters. The number of carbonyl (C=O) groups excluding carboxylic acids is 1. The Morgan fingerprint density at radius 2 is 1.95 bits per heavy atom. The van der Waals surface area contributed by atoms with Gasteiger partial charge in [-0.25, -0.2) is 13.4 Å². The molecule has 1 aromatic carbocycles. The second-order valence-corrected chi connectivity index (χ2v) is 6.68. The minimum absolute atomic E-state index is 0.104. The standard InChI is InChI=1S/C11H9N3O5S2/c1-7(15)12-11-13-10(6-20-11)21(18,19)9-4-2-8(3-5-9)14(16)17/h2-6H,1H3,(H,12,13,15). The van der Waals surface area contributed by atoms with E-state index in [0.29, 0.717) is 0 Å².